The molecular weight excluding hydrogens is 457 g/mol. The minimum Gasteiger partial charge on any atom is -0.346 e. The number of aromatic nitrogens is 4. The van der Waals surface area contributed by atoms with E-state index in [-0.39, 0.29) is 10.8 Å². The predicted octanol–water partition coefficient (Wildman–Crippen LogP) is 3.67. The Morgan fingerprint density at radius 3 is 2.41 bits per heavy atom. The number of amides is 1. The third-order valence-corrected chi connectivity index (χ3v) is 6.51. The van der Waals surface area contributed by atoms with Gasteiger partial charge in [-0.15, -0.1) is 5.10 Å². The fraction of sp³-hybridized carbons (Fsp3) is 0.167. The topological polar surface area (TPSA) is 107 Å². The lowest BCUT2D eigenvalue weighted by Crippen LogP contribution is -2.26. The Morgan fingerprint density at radius 2 is 1.79 bits per heavy atom. The zero-order valence-electron chi connectivity index (χ0n) is 18.7. The van der Waals surface area contributed by atoms with E-state index in [1.54, 1.807) is 56.3 Å². The minimum absolute atomic E-state index is 0.202. The molecule has 1 heterocycles. The molecule has 0 aliphatic carbocycles. The van der Waals surface area contributed by atoms with Crippen LogP contribution in [-0.2, 0) is 9.84 Å². The molecule has 1 amide bonds. The maximum atomic E-state index is 14.7. The second-order valence-corrected chi connectivity index (χ2v) is 10.1. The fourth-order valence-corrected chi connectivity index (χ4v) is 4.16. The molecule has 34 heavy (non-hydrogen) atoms. The first kappa shape index (κ1) is 23.2. The van der Waals surface area contributed by atoms with Crippen LogP contribution in [0.25, 0.3) is 16.8 Å². The van der Waals surface area contributed by atoms with Gasteiger partial charge in [0.05, 0.1) is 16.6 Å². The van der Waals surface area contributed by atoms with E-state index in [1.165, 1.54) is 29.2 Å². The first-order valence-corrected chi connectivity index (χ1v) is 12.3. The largest absolute Gasteiger partial charge is 0.346 e. The van der Waals surface area contributed by atoms with Crippen LogP contribution in [-0.4, -0.2) is 40.8 Å². The van der Waals surface area contributed by atoms with Crippen LogP contribution < -0.4 is 5.32 Å². The van der Waals surface area contributed by atoms with Crippen LogP contribution in [0.5, 0.6) is 0 Å². The molecule has 4 aromatic rings. The zero-order valence-corrected chi connectivity index (χ0v) is 19.5. The summed E-state index contributed by atoms with van der Waals surface area (Å²) in [5.74, 6) is -0.789. The van der Waals surface area contributed by atoms with Gasteiger partial charge < -0.3 is 5.32 Å². The Balaban J connectivity index is 1.67. The van der Waals surface area contributed by atoms with Gasteiger partial charge in [0.1, 0.15) is 12.1 Å². The van der Waals surface area contributed by atoms with Crippen LogP contribution in [0.4, 0.5) is 4.39 Å². The Kier molecular flexibility index (Phi) is 6.25. The Morgan fingerprint density at radius 1 is 1.06 bits per heavy atom. The highest BCUT2D eigenvalue weighted by Crippen LogP contribution is 2.27. The van der Waals surface area contributed by atoms with Crippen molar-refractivity contribution >= 4 is 15.7 Å². The highest BCUT2D eigenvalue weighted by molar-refractivity contribution is 7.90. The van der Waals surface area contributed by atoms with Gasteiger partial charge in [0.25, 0.3) is 5.91 Å². The number of tetrazole rings is 1. The van der Waals surface area contributed by atoms with Gasteiger partial charge in [0.15, 0.2) is 9.84 Å². The fourth-order valence-electron chi connectivity index (χ4n) is 3.53. The van der Waals surface area contributed by atoms with Crippen molar-refractivity contribution in [1.29, 1.82) is 0 Å². The van der Waals surface area contributed by atoms with E-state index in [2.05, 4.69) is 20.8 Å². The number of sulfone groups is 1. The van der Waals surface area contributed by atoms with E-state index >= 15 is 0 Å². The van der Waals surface area contributed by atoms with Crippen molar-refractivity contribution in [2.45, 2.75) is 24.8 Å². The molecule has 0 bridgehead atoms. The second-order valence-electron chi connectivity index (χ2n) is 8.04. The summed E-state index contributed by atoms with van der Waals surface area (Å²) in [5, 5.41) is 14.0. The Bertz CT molecular complexity index is 1450. The van der Waals surface area contributed by atoms with E-state index in [0.717, 1.165) is 17.4 Å². The molecule has 0 aliphatic heterocycles. The number of benzene rings is 3. The average Bonchev–Trinajstić information content (AvgIpc) is 3.33. The van der Waals surface area contributed by atoms with Gasteiger partial charge in [-0.2, -0.15) is 0 Å². The maximum Gasteiger partial charge on any atom is 0.251 e. The number of halogens is 1. The van der Waals surface area contributed by atoms with E-state index in [0.29, 0.717) is 22.4 Å². The molecule has 174 valence electrons. The van der Waals surface area contributed by atoms with Gasteiger partial charge in [-0.1, -0.05) is 24.3 Å². The lowest BCUT2D eigenvalue weighted by Gasteiger charge is -2.16. The summed E-state index contributed by atoms with van der Waals surface area (Å²) in [6.45, 7) is 3.59. The monoisotopic (exact) mass is 479 g/mol. The number of nitrogens with zero attached hydrogens (tertiary/aromatic N) is 4. The van der Waals surface area contributed by atoms with Crippen molar-refractivity contribution in [2.24, 2.45) is 0 Å². The Labute approximate surface area is 196 Å². The molecule has 0 radical (unpaired) electrons. The van der Waals surface area contributed by atoms with Gasteiger partial charge in [0.2, 0.25) is 0 Å². The van der Waals surface area contributed by atoms with Crippen LogP contribution in [0.2, 0.25) is 0 Å². The molecule has 1 atom stereocenters. The predicted molar refractivity (Wildman–Crippen MR) is 125 cm³/mol. The summed E-state index contributed by atoms with van der Waals surface area (Å²) in [6, 6.07) is 15.7. The van der Waals surface area contributed by atoms with Gasteiger partial charge in [0, 0.05) is 17.4 Å². The number of carbonyl (C=O) groups excluding carboxylic acids is 1. The summed E-state index contributed by atoms with van der Waals surface area (Å²) < 4.78 is 39.5. The SMILES string of the molecule is Cc1ccc(-c2cc(C(=O)NC(C)c3ccc(S(C)(=O)=O)cc3)cc(-n3cnnn3)c2)c(F)c1. The molecule has 10 heteroatoms. The molecule has 1 aromatic heterocycles. The number of hydrogen-bond acceptors (Lipinski definition) is 6. The van der Waals surface area contributed by atoms with E-state index in [1.807, 2.05) is 0 Å². The van der Waals surface area contributed by atoms with Crippen molar-refractivity contribution < 1.29 is 17.6 Å². The molecular formula is C24H22FN5O3S. The molecule has 0 spiro atoms. The molecule has 3 aromatic carbocycles. The molecule has 4 rings (SSSR count). The molecule has 8 nitrogen and oxygen atoms in total. The number of hydrogen-bond donors (Lipinski definition) is 1. The van der Waals surface area contributed by atoms with Crippen LogP contribution in [0.15, 0.2) is 71.9 Å². The van der Waals surface area contributed by atoms with E-state index < -0.39 is 21.7 Å². The molecule has 0 saturated carbocycles. The van der Waals surface area contributed by atoms with Crippen molar-refractivity contribution in [3.05, 3.63) is 89.5 Å². The Hall–Kier alpha value is -3.92. The van der Waals surface area contributed by atoms with Gasteiger partial charge in [-0.3, -0.25) is 4.79 Å². The number of nitrogens with one attached hydrogen (secondary N) is 1. The first-order valence-electron chi connectivity index (χ1n) is 10.4. The van der Waals surface area contributed by atoms with Crippen LogP contribution in [0, 0.1) is 12.7 Å². The van der Waals surface area contributed by atoms with Crippen molar-refractivity contribution in [3.63, 3.8) is 0 Å². The third-order valence-electron chi connectivity index (χ3n) is 5.38. The standard InChI is InChI=1S/C24H22FN5O3S/c1-15-4-9-22(23(25)10-15)18-11-19(13-20(12-18)30-14-26-28-29-30)24(31)27-16(2)17-5-7-21(8-6-17)34(3,32)33/h4-14,16H,1-3H3,(H,27,31). The smallest absolute Gasteiger partial charge is 0.251 e. The summed E-state index contributed by atoms with van der Waals surface area (Å²) in [6.07, 6.45) is 2.53. The van der Waals surface area contributed by atoms with Crippen molar-refractivity contribution in [2.75, 3.05) is 6.26 Å². The maximum absolute atomic E-state index is 14.7. The number of rotatable bonds is 6. The van der Waals surface area contributed by atoms with Crippen LogP contribution >= 0.6 is 0 Å². The van der Waals surface area contributed by atoms with Gasteiger partial charge >= 0.3 is 0 Å². The van der Waals surface area contributed by atoms with E-state index in [4.69, 9.17) is 0 Å². The lowest BCUT2D eigenvalue weighted by molar-refractivity contribution is 0.0940. The third kappa shape index (κ3) is 5.01. The quantitative estimate of drug-likeness (QED) is 0.452. The summed E-state index contributed by atoms with van der Waals surface area (Å²) in [7, 11) is -3.31. The van der Waals surface area contributed by atoms with Crippen molar-refractivity contribution in [3.8, 4) is 16.8 Å². The number of carbonyl (C=O) groups is 1. The van der Waals surface area contributed by atoms with Crippen LogP contribution in [0.3, 0.4) is 0 Å². The second kappa shape index (κ2) is 9.14. The summed E-state index contributed by atoms with van der Waals surface area (Å²) in [4.78, 5) is 13.3. The molecule has 0 fully saturated rings. The lowest BCUT2D eigenvalue weighted by atomic mass is 9.99. The summed E-state index contributed by atoms with van der Waals surface area (Å²) >= 11 is 0. The summed E-state index contributed by atoms with van der Waals surface area (Å²) in [5.41, 5.74) is 3.16. The van der Waals surface area contributed by atoms with Crippen molar-refractivity contribution in [1.82, 2.24) is 25.5 Å². The van der Waals surface area contributed by atoms with Gasteiger partial charge in [-0.25, -0.2) is 17.5 Å². The molecule has 1 unspecified atom stereocenters. The van der Waals surface area contributed by atoms with Crippen LogP contribution in [0.1, 0.15) is 34.5 Å². The molecule has 0 saturated heterocycles. The average molecular weight is 480 g/mol. The van der Waals surface area contributed by atoms with Gasteiger partial charge in [-0.05, 0) is 77.4 Å². The first-order chi connectivity index (χ1) is 16.1. The number of aryl methyl sites for hydroxylation is 1. The normalized spacial score (nSPS) is 12.4. The molecule has 0 aliphatic rings. The van der Waals surface area contributed by atoms with E-state index in [9.17, 15) is 17.6 Å². The highest BCUT2D eigenvalue weighted by atomic mass is 32.2. The minimum atomic E-state index is -3.31. The zero-order chi connectivity index (χ0) is 24.5. The highest BCUT2D eigenvalue weighted by Gasteiger charge is 2.17. The molecule has 1 N–H and O–H groups in total.